The molecule has 0 bridgehead atoms. The van der Waals surface area contributed by atoms with Crippen LogP contribution >= 0.6 is 0 Å². The maximum absolute atomic E-state index is 13.8. The first-order valence-corrected chi connectivity index (χ1v) is 13.1. The molecule has 1 heterocycles. The van der Waals surface area contributed by atoms with Gasteiger partial charge in [-0.1, -0.05) is 61.5 Å². The van der Waals surface area contributed by atoms with E-state index < -0.39 is 12.1 Å². The average Bonchev–Trinajstić information content (AvgIpc) is 3.29. The third kappa shape index (κ3) is 6.32. The van der Waals surface area contributed by atoms with Crippen molar-refractivity contribution in [2.45, 2.75) is 63.6 Å². The molecule has 7 heteroatoms. The molecule has 7 nitrogen and oxygen atoms in total. The van der Waals surface area contributed by atoms with E-state index >= 15 is 0 Å². The highest BCUT2D eigenvalue weighted by Gasteiger charge is 2.41. The second-order valence-electron chi connectivity index (χ2n) is 10.2. The van der Waals surface area contributed by atoms with E-state index in [2.05, 4.69) is 35.0 Å². The van der Waals surface area contributed by atoms with E-state index in [1.165, 1.54) is 11.1 Å². The molecule has 1 aliphatic heterocycles. The molecule has 3 N–H and O–H groups in total. The molecule has 192 valence electrons. The van der Waals surface area contributed by atoms with E-state index in [9.17, 15) is 14.4 Å². The van der Waals surface area contributed by atoms with Crippen molar-refractivity contribution in [2.75, 3.05) is 20.1 Å². The predicted molar refractivity (Wildman–Crippen MR) is 140 cm³/mol. The molecule has 2 aromatic rings. The summed E-state index contributed by atoms with van der Waals surface area (Å²) < 4.78 is 0. The van der Waals surface area contributed by atoms with Gasteiger partial charge in [0, 0.05) is 6.54 Å². The zero-order valence-electron chi connectivity index (χ0n) is 21.3. The quantitative estimate of drug-likeness (QED) is 0.504. The first kappa shape index (κ1) is 25.9. The summed E-state index contributed by atoms with van der Waals surface area (Å²) in [4.78, 5) is 41.4. The molecule has 0 spiro atoms. The lowest BCUT2D eigenvalue weighted by Gasteiger charge is -2.31. The van der Waals surface area contributed by atoms with Crippen LogP contribution in [-0.4, -0.2) is 54.8 Å². The fraction of sp³-hybridized carbons (Fsp3) is 0.483. The normalized spacial score (nSPS) is 21.9. The standard InChI is InChI=1S/C29H38N4O3/c1-20-17-26(28(35)32-24-14-8-12-22-11-6-7-13-23(22)24)33(19-20)29(36)25(31-27(34)18-30-2)16-15-21-9-4-3-5-10-21/h3-7,9-11,13,20,24-26,30H,8,12,14-19H2,1-2H3,(H,31,34)(H,32,35). The van der Waals surface area contributed by atoms with Gasteiger partial charge >= 0.3 is 0 Å². The molecule has 4 atom stereocenters. The van der Waals surface area contributed by atoms with Crippen LogP contribution in [0.25, 0.3) is 0 Å². The number of amides is 3. The molecule has 2 aliphatic rings. The summed E-state index contributed by atoms with van der Waals surface area (Å²) in [6, 6.07) is 17.0. The van der Waals surface area contributed by atoms with Crippen molar-refractivity contribution in [3.63, 3.8) is 0 Å². The fourth-order valence-electron chi connectivity index (χ4n) is 5.53. The molecule has 0 aromatic heterocycles. The van der Waals surface area contributed by atoms with Gasteiger partial charge < -0.3 is 20.9 Å². The smallest absolute Gasteiger partial charge is 0.245 e. The van der Waals surface area contributed by atoms with E-state index in [0.29, 0.717) is 25.8 Å². The zero-order chi connectivity index (χ0) is 25.5. The lowest BCUT2D eigenvalue weighted by atomic mass is 9.87. The SMILES string of the molecule is CNCC(=O)NC(CCc1ccccc1)C(=O)N1CC(C)CC1C(=O)NC1CCCc2ccccc21. The molecule has 2 aromatic carbocycles. The second-order valence-corrected chi connectivity index (χ2v) is 10.2. The third-order valence-electron chi connectivity index (χ3n) is 7.32. The minimum absolute atomic E-state index is 0.0282. The summed E-state index contributed by atoms with van der Waals surface area (Å²) in [6.45, 7) is 2.72. The Morgan fingerprint density at radius 3 is 2.58 bits per heavy atom. The number of likely N-dealkylation sites (tertiary alicyclic amines) is 1. The summed E-state index contributed by atoms with van der Waals surface area (Å²) in [7, 11) is 1.70. The van der Waals surface area contributed by atoms with Crippen LogP contribution in [0.3, 0.4) is 0 Å². The van der Waals surface area contributed by atoms with Crippen LogP contribution in [0.1, 0.15) is 55.3 Å². The molecule has 1 fully saturated rings. The number of aryl methyl sites for hydroxylation is 2. The highest BCUT2D eigenvalue weighted by atomic mass is 16.2. The van der Waals surface area contributed by atoms with Gasteiger partial charge in [-0.05, 0) is 68.2 Å². The van der Waals surface area contributed by atoms with Crippen LogP contribution in [0.5, 0.6) is 0 Å². The van der Waals surface area contributed by atoms with Gasteiger partial charge in [0.05, 0.1) is 12.6 Å². The second kappa shape index (κ2) is 12.2. The Hall–Kier alpha value is -3.19. The van der Waals surface area contributed by atoms with E-state index in [0.717, 1.165) is 24.8 Å². The van der Waals surface area contributed by atoms with Crippen molar-refractivity contribution >= 4 is 17.7 Å². The minimum Gasteiger partial charge on any atom is -0.347 e. The van der Waals surface area contributed by atoms with E-state index in [4.69, 9.17) is 0 Å². The molecular weight excluding hydrogens is 452 g/mol. The minimum atomic E-state index is -0.679. The highest BCUT2D eigenvalue weighted by Crippen LogP contribution is 2.31. The van der Waals surface area contributed by atoms with Gasteiger partial charge in [-0.25, -0.2) is 0 Å². The summed E-state index contributed by atoms with van der Waals surface area (Å²) in [5.74, 6) is -0.288. The van der Waals surface area contributed by atoms with Crippen molar-refractivity contribution in [3.05, 3.63) is 71.3 Å². The summed E-state index contributed by atoms with van der Waals surface area (Å²) in [6.07, 6.45) is 4.73. The first-order valence-electron chi connectivity index (χ1n) is 13.1. The van der Waals surface area contributed by atoms with E-state index in [1.807, 2.05) is 42.5 Å². The topological polar surface area (TPSA) is 90.5 Å². The van der Waals surface area contributed by atoms with E-state index in [1.54, 1.807) is 11.9 Å². The van der Waals surface area contributed by atoms with Crippen LogP contribution in [0, 0.1) is 5.92 Å². The number of carbonyl (C=O) groups is 3. The number of nitrogens with zero attached hydrogens (tertiary/aromatic N) is 1. The number of rotatable bonds is 9. The zero-order valence-corrected chi connectivity index (χ0v) is 21.3. The van der Waals surface area contributed by atoms with Gasteiger partial charge in [0.15, 0.2) is 0 Å². The molecule has 36 heavy (non-hydrogen) atoms. The van der Waals surface area contributed by atoms with E-state index in [-0.39, 0.29) is 36.2 Å². The van der Waals surface area contributed by atoms with Crippen molar-refractivity contribution in [1.82, 2.24) is 20.9 Å². The van der Waals surface area contributed by atoms with Gasteiger partial charge in [-0.2, -0.15) is 0 Å². The molecule has 0 saturated carbocycles. The summed E-state index contributed by atoms with van der Waals surface area (Å²) in [5, 5.41) is 9.00. The van der Waals surface area contributed by atoms with Gasteiger partial charge in [0.25, 0.3) is 0 Å². The van der Waals surface area contributed by atoms with Crippen molar-refractivity contribution in [2.24, 2.45) is 5.92 Å². The average molecular weight is 491 g/mol. The van der Waals surface area contributed by atoms with Crippen LogP contribution in [0.15, 0.2) is 54.6 Å². The highest BCUT2D eigenvalue weighted by molar-refractivity contribution is 5.93. The number of benzene rings is 2. The first-order chi connectivity index (χ1) is 17.5. The molecule has 4 rings (SSSR count). The summed E-state index contributed by atoms with van der Waals surface area (Å²) in [5.41, 5.74) is 3.58. The number of likely N-dealkylation sites (N-methyl/N-ethyl adjacent to an activating group) is 1. The van der Waals surface area contributed by atoms with Crippen molar-refractivity contribution < 1.29 is 14.4 Å². The molecule has 4 unspecified atom stereocenters. The van der Waals surface area contributed by atoms with Crippen molar-refractivity contribution in [1.29, 1.82) is 0 Å². The lowest BCUT2D eigenvalue weighted by Crippen LogP contribution is -2.54. The maximum atomic E-state index is 13.8. The summed E-state index contributed by atoms with van der Waals surface area (Å²) >= 11 is 0. The van der Waals surface area contributed by atoms with Crippen LogP contribution in [0.2, 0.25) is 0 Å². The Balaban J connectivity index is 1.48. The van der Waals surface area contributed by atoms with Crippen LogP contribution in [0.4, 0.5) is 0 Å². The van der Waals surface area contributed by atoms with Gasteiger partial charge in [0.1, 0.15) is 12.1 Å². The fourth-order valence-corrected chi connectivity index (χ4v) is 5.53. The Morgan fingerprint density at radius 2 is 1.81 bits per heavy atom. The van der Waals surface area contributed by atoms with Crippen LogP contribution < -0.4 is 16.0 Å². The number of hydrogen-bond acceptors (Lipinski definition) is 4. The lowest BCUT2D eigenvalue weighted by molar-refractivity contribution is -0.141. The van der Waals surface area contributed by atoms with Crippen LogP contribution in [-0.2, 0) is 27.2 Å². The third-order valence-corrected chi connectivity index (χ3v) is 7.32. The number of hydrogen-bond donors (Lipinski definition) is 3. The predicted octanol–water partition coefficient (Wildman–Crippen LogP) is 2.75. The van der Waals surface area contributed by atoms with Gasteiger partial charge in [0.2, 0.25) is 17.7 Å². The molecule has 0 radical (unpaired) electrons. The molecule has 3 amide bonds. The Morgan fingerprint density at radius 1 is 1.06 bits per heavy atom. The molecule has 1 aliphatic carbocycles. The molecule has 1 saturated heterocycles. The Bertz CT molecular complexity index is 1060. The monoisotopic (exact) mass is 490 g/mol. The van der Waals surface area contributed by atoms with Crippen molar-refractivity contribution in [3.8, 4) is 0 Å². The van der Waals surface area contributed by atoms with Gasteiger partial charge in [-0.3, -0.25) is 14.4 Å². The Labute approximate surface area is 214 Å². The number of nitrogens with one attached hydrogen (secondary N) is 3. The largest absolute Gasteiger partial charge is 0.347 e. The Kier molecular flexibility index (Phi) is 8.75. The number of carbonyl (C=O) groups excluding carboxylic acids is 3. The maximum Gasteiger partial charge on any atom is 0.245 e. The number of fused-ring (bicyclic) bond motifs is 1. The molecular formula is C29H38N4O3. The van der Waals surface area contributed by atoms with Gasteiger partial charge in [-0.15, -0.1) is 0 Å².